The molecule has 0 saturated heterocycles. The molecule has 3 aromatic carbocycles. The number of para-hydroxylation sites is 1. The highest BCUT2D eigenvalue weighted by Crippen LogP contribution is 2.26. The van der Waals surface area contributed by atoms with Crippen LogP contribution in [0, 0.1) is 0 Å². The van der Waals surface area contributed by atoms with Crippen LogP contribution in [0.3, 0.4) is 0 Å². The second kappa shape index (κ2) is 8.78. The van der Waals surface area contributed by atoms with E-state index in [1.165, 1.54) is 5.56 Å². The fourth-order valence-corrected chi connectivity index (χ4v) is 3.26. The third-order valence-electron chi connectivity index (χ3n) is 5.04. The van der Waals surface area contributed by atoms with Gasteiger partial charge in [0.15, 0.2) is 0 Å². The molecule has 4 rings (SSSR count). The van der Waals surface area contributed by atoms with Gasteiger partial charge in [-0.15, -0.1) is 0 Å². The van der Waals surface area contributed by atoms with Crippen molar-refractivity contribution < 1.29 is 4.74 Å². The lowest BCUT2D eigenvalue weighted by Crippen LogP contribution is -1.94. The Morgan fingerprint density at radius 1 is 0.900 bits per heavy atom. The van der Waals surface area contributed by atoms with Crippen LogP contribution in [0.5, 0.6) is 5.75 Å². The molecule has 0 spiro atoms. The van der Waals surface area contributed by atoms with Gasteiger partial charge in [-0.05, 0) is 47.9 Å². The highest BCUT2D eigenvalue weighted by atomic mass is 16.5. The van der Waals surface area contributed by atoms with Crippen molar-refractivity contribution in [1.29, 1.82) is 0 Å². The average molecular weight is 396 g/mol. The predicted molar refractivity (Wildman–Crippen MR) is 123 cm³/mol. The molecule has 1 aromatic heterocycles. The van der Waals surface area contributed by atoms with Crippen LogP contribution in [0.1, 0.15) is 30.9 Å². The number of methoxy groups -OCH3 is 1. The Labute approximate surface area is 177 Å². The molecule has 0 amide bonds. The van der Waals surface area contributed by atoms with Crippen molar-refractivity contribution in [1.82, 2.24) is 9.78 Å². The molecule has 0 unspecified atom stereocenters. The first kappa shape index (κ1) is 19.6. The monoisotopic (exact) mass is 395 g/mol. The van der Waals surface area contributed by atoms with E-state index in [-0.39, 0.29) is 0 Å². The summed E-state index contributed by atoms with van der Waals surface area (Å²) in [5.41, 5.74) is 6.14. The number of hydrogen-bond acceptors (Lipinski definition) is 3. The maximum Gasteiger partial charge on any atom is 0.119 e. The van der Waals surface area contributed by atoms with Crippen molar-refractivity contribution in [2.24, 2.45) is 4.99 Å². The van der Waals surface area contributed by atoms with Crippen LogP contribution in [0.2, 0.25) is 0 Å². The van der Waals surface area contributed by atoms with Crippen LogP contribution < -0.4 is 4.74 Å². The molecule has 0 bridgehead atoms. The van der Waals surface area contributed by atoms with E-state index in [4.69, 9.17) is 9.84 Å². The fourth-order valence-electron chi connectivity index (χ4n) is 3.26. The van der Waals surface area contributed by atoms with Gasteiger partial charge in [-0.25, -0.2) is 4.68 Å². The first-order valence-corrected chi connectivity index (χ1v) is 10.1. The molecule has 0 saturated carbocycles. The molecular weight excluding hydrogens is 370 g/mol. The van der Waals surface area contributed by atoms with Gasteiger partial charge in [-0.2, -0.15) is 5.10 Å². The first-order chi connectivity index (χ1) is 14.6. The summed E-state index contributed by atoms with van der Waals surface area (Å²) in [5.74, 6) is 1.31. The van der Waals surface area contributed by atoms with Gasteiger partial charge < -0.3 is 4.74 Å². The average Bonchev–Trinajstić information content (AvgIpc) is 3.23. The van der Waals surface area contributed by atoms with Crippen molar-refractivity contribution in [2.75, 3.05) is 7.11 Å². The summed E-state index contributed by atoms with van der Waals surface area (Å²) in [7, 11) is 1.66. The quantitative estimate of drug-likeness (QED) is 0.353. The zero-order valence-electron chi connectivity index (χ0n) is 17.5. The summed E-state index contributed by atoms with van der Waals surface area (Å²) in [4.78, 5) is 4.66. The summed E-state index contributed by atoms with van der Waals surface area (Å²) < 4.78 is 7.13. The molecule has 0 radical (unpaired) electrons. The van der Waals surface area contributed by atoms with E-state index >= 15 is 0 Å². The highest BCUT2D eigenvalue weighted by molar-refractivity contribution is 5.90. The molecule has 150 valence electrons. The van der Waals surface area contributed by atoms with E-state index in [1.807, 2.05) is 71.7 Å². The van der Waals surface area contributed by atoms with E-state index in [2.05, 4.69) is 43.1 Å². The van der Waals surface area contributed by atoms with Crippen LogP contribution in [0.15, 0.2) is 90.1 Å². The van der Waals surface area contributed by atoms with Crippen LogP contribution >= 0.6 is 0 Å². The first-order valence-electron chi connectivity index (χ1n) is 10.1. The van der Waals surface area contributed by atoms with Gasteiger partial charge in [0.25, 0.3) is 0 Å². The topological polar surface area (TPSA) is 39.4 Å². The normalized spacial score (nSPS) is 11.3. The SMILES string of the molecule is COc1ccc(N=Cc2cn(-c3ccccc3)nc2-c2ccc(C(C)C)cc2)cc1. The highest BCUT2D eigenvalue weighted by Gasteiger charge is 2.12. The smallest absolute Gasteiger partial charge is 0.119 e. The van der Waals surface area contributed by atoms with Crippen LogP contribution in [-0.2, 0) is 0 Å². The zero-order valence-corrected chi connectivity index (χ0v) is 17.5. The van der Waals surface area contributed by atoms with Gasteiger partial charge in [0.2, 0.25) is 0 Å². The van der Waals surface area contributed by atoms with E-state index < -0.39 is 0 Å². The minimum atomic E-state index is 0.497. The van der Waals surface area contributed by atoms with Gasteiger partial charge in [0, 0.05) is 23.5 Å². The Balaban J connectivity index is 1.73. The second-order valence-corrected chi connectivity index (χ2v) is 7.45. The maximum atomic E-state index is 5.22. The molecule has 0 aliphatic heterocycles. The molecule has 0 atom stereocenters. The summed E-state index contributed by atoms with van der Waals surface area (Å²) in [6.45, 7) is 4.40. The summed E-state index contributed by atoms with van der Waals surface area (Å²) >= 11 is 0. The largest absolute Gasteiger partial charge is 0.497 e. The molecule has 0 N–H and O–H groups in total. The van der Waals surface area contributed by atoms with Crippen LogP contribution in [0.25, 0.3) is 16.9 Å². The van der Waals surface area contributed by atoms with E-state index in [0.29, 0.717) is 5.92 Å². The molecule has 0 aliphatic rings. The van der Waals surface area contributed by atoms with Crippen LogP contribution in [0.4, 0.5) is 5.69 Å². The fraction of sp³-hybridized carbons (Fsp3) is 0.154. The molecule has 4 heteroatoms. The molecule has 1 heterocycles. The van der Waals surface area contributed by atoms with E-state index in [0.717, 1.165) is 33.9 Å². The van der Waals surface area contributed by atoms with Crippen molar-refractivity contribution in [3.8, 4) is 22.7 Å². The summed E-state index contributed by atoms with van der Waals surface area (Å²) in [6, 6.07) is 26.4. The lowest BCUT2D eigenvalue weighted by atomic mass is 10.00. The van der Waals surface area contributed by atoms with Crippen molar-refractivity contribution in [3.05, 3.63) is 96.2 Å². The van der Waals surface area contributed by atoms with Gasteiger partial charge >= 0.3 is 0 Å². The predicted octanol–water partition coefficient (Wildman–Crippen LogP) is 6.42. The third kappa shape index (κ3) is 4.33. The van der Waals surface area contributed by atoms with Gasteiger partial charge in [0.1, 0.15) is 11.4 Å². The number of ether oxygens (including phenoxy) is 1. The van der Waals surface area contributed by atoms with Crippen LogP contribution in [-0.4, -0.2) is 23.1 Å². The zero-order chi connectivity index (χ0) is 20.9. The molecular formula is C26H25N3O. The lowest BCUT2D eigenvalue weighted by Gasteiger charge is -2.06. The number of benzene rings is 3. The molecule has 0 aliphatic carbocycles. The Morgan fingerprint density at radius 3 is 2.23 bits per heavy atom. The van der Waals surface area contributed by atoms with E-state index in [1.54, 1.807) is 7.11 Å². The minimum absolute atomic E-state index is 0.497. The van der Waals surface area contributed by atoms with Crippen molar-refractivity contribution in [2.45, 2.75) is 19.8 Å². The number of rotatable bonds is 6. The molecule has 30 heavy (non-hydrogen) atoms. The third-order valence-corrected chi connectivity index (χ3v) is 5.04. The van der Waals surface area contributed by atoms with Crippen molar-refractivity contribution >= 4 is 11.9 Å². The Hall–Kier alpha value is -3.66. The van der Waals surface area contributed by atoms with E-state index in [9.17, 15) is 0 Å². The minimum Gasteiger partial charge on any atom is -0.497 e. The lowest BCUT2D eigenvalue weighted by molar-refractivity contribution is 0.415. The number of nitrogens with zero attached hydrogens (tertiary/aromatic N) is 3. The van der Waals surface area contributed by atoms with Gasteiger partial charge in [-0.1, -0.05) is 56.3 Å². The molecule has 0 fully saturated rings. The number of aromatic nitrogens is 2. The Bertz CT molecular complexity index is 1130. The Kier molecular flexibility index (Phi) is 5.75. The van der Waals surface area contributed by atoms with Crippen molar-refractivity contribution in [3.63, 3.8) is 0 Å². The van der Waals surface area contributed by atoms with Gasteiger partial charge in [0.05, 0.1) is 18.5 Å². The second-order valence-electron chi connectivity index (χ2n) is 7.45. The molecule has 4 aromatic rings. The van der Waals surface area contributed by atoms with Gasteiger partial charge in [-0.3, -0.25) is 4.99 Å². The number of aliphatic imine (C=N–C) groups is 1. The Morgan fingerprint density at radius 2 is 1.60 bits per heavy atom. The summed E-state index contributed by atoms with van der Waals surface area (Å²) in [6.07, 6.45) is 3.90. The summed E-state index contributed by atoms with van der Waals surface area (Å²) in [5, 5.41) is 4.87. The standard InChI is InChI=1S/C26H25N3O/c1-19(2)20-9-11-21(12-10-20)26-22(17-27-23-13-15-25(30-3)16-14-23)18-29(28-26)24-7-5-4-6-8-24/h4-19H,1-3H3. The molecule has 4 nitrogen and oxygen atoms in total. The maximum absolute atomic E-state index is 5.22. The number of hydrogen-bond donors (Lipinski definition) is 0.